The maximum absolute atomic E-state index is 2.35. The Kier molecular flexibility index (Phi) is 3.99. The van der Waals surface area contributed by atoms with E-state index in [1.807, 2.05) is 0 Å². The highest BCUT2D eigenvalue weighted by Gasteiger charge is 2.24. The smallest absolute Gasteiger partial charge is 0.200 e. The molecular formula is C19H26N+. The van der Waals surface area contributed by atoms with Crippen LogP contribution in [0.2, 0.25) is 0 Å². The minimum atomic E-state index is 0.229. The number of aromatic nitrogens is 1. The van der Waals surface area contributed by atoms with Crippen LogP contribution in [0.1, 0.15) is 43.9 Å². The Hall–Kier alpha value is -1.63. The summed E-state index contributed by atoms with van der Waals surface area (Å²) < 4.78 is 2.28. The lowest BCUT2D eigenvalue weighted by atomic mass is 9.82. The summed E-state index contributed by atoms with van der Waals surface area (Å²) in [6.45, 7) is 11.3. The Morgan fingerprint density at radius 2 is 1.70 bits per heavy atom. The molecule has 1 heterocycles. The van der Waals surface area contributed by atoms with Crippen molar-refractivity contribution in [3.8, 4) is 11.3 Å². The van der Waals surface area contributed by atoms with Crippen LogP contribution >= 0.6 is 0 Å². The van der Waals surface area contributed by atoms with Gasteiger partial charge in [0.2, 0.25) is 5.69 Å². The standard InChI is InChI=1S/C19H26N/c1-7-19(4,5)16-12-15(3)18(20(6)13-16)17-11-9-8-10-14(17)2/h8-13H,7H2,1-6H3/q+1. The van der Waals surface area contributed by atoms with Crippen molar-refractivity contribution in [1.82, 2.24) is 0 Å². The number of nitrogens with zero attached hydrogens (tertiary/aromatic N) is 1. The van der Waals surface area contributed by atoms with Crippen molar-refractivity contribution >= 4 is 0 Å². The Morgan fingerprint density at radius 1 is 1.05 bits per heavy atom. The monoisotopic (exact) mass is 268 g/mol. The molecule has 0 N–H and O–H groups in total. The van der Waals surface area contributed by atoms with Gasteiger partial charge < -0.3 is 0 Å². The molecule has 106 valence electrons. The van der Waals surface area contributed by atoms with Crippen molar-refractivity contribution < 1.29 is 4.57 Å². The van der Waals surface area contributed by atoms with Gasteiger partial charge in [0, 0.05) is 16.7 Å². The first kappa shape index (κ1) is 14.8. The number of benzene rings is 1. The van der Waals surface area contributed by atoms with Crippen molar-refractivity contribution in [2.45, 2.75) is 46.5 Å². The minimum Gasteiger partial charge on any atom is -0.200 e. The fraction of sp³-hybridized carbons (Fsp3) is 0.421. The number of aryl methyl sites for hydroxylation is 3. The third-order valence-electron chi connectivity index (χ3n) is 4.50. The number of hydrogen-bond acceptors (Lipinski definition) is 0. The SMILES string of the molecule is CCC(C)(C)c1cc(C)c(-c2ccccc2C)[n+](C)c1. The molecule has 2 rings (SSSR count). The Morgan fingerprint density at radius 3 is 2.25 bits per heavy atom. The van der Waals surface area contributed by atoms with E-state index in [1.165, 1.54) is 27.9 Å². The summed E-state index contributed by atoms with van der Waals surface area (Å²) >= 11 is 0. The molecule has 20 heavy (non-hydrogen) atoms. The largest absolute Gasteiger partial charge is 0.215 e. The van der Waals surface area contributed by atoms with Gasteiger partial charge in [-0.1, -0.05) is 39.0 Å². The molecule has 1 nitrogen and oxygen atoms in total. The van der Waals surface area contributed by atoms with E-state index in [1.54, 1.807) is 0 Å². The molecule has 0 atom stereocenters. The molecule has 0 aliphatic rings. The normalized spacial score (nSPS) is 11.7. The first-order valence-electron chi connectivity index (χ1n) is 7.43. The summed E-state index contributed by atoms with van der Waals surface area (Å²) in [6.07, 6.45) is 3.44. The van der Waals surface area contributed by atoms with Gasteiger partial charge in [-0.15, -0.1) is 0 Å². The lowest BCUT2D eigenvalue weighted by molar-refractivity contribution is -0.661. The predicted molar refractivity (Wildman–Crippen MR) is 85.8 cm³/mol. The molecule has 0 unspecified atom stereocenters. The van der Waals surface area contributed by atoms with Crippen molar-refractivity contribution in [2.75, 3.05) is 0 Å². The number of hydrogen-bond donors (Lipinski definition) is 0. The van der Waals surface area contributed by atoms with Crippen LogP contribution in [0.5, 0.6) is 0 Å². The summed E-state index contributed by atoms with van der Waals surface area (Å²) in [5, 5.41) is 0. The van der Waals surface area contributed by atoms with E-state index in [9.17, 15) is 0 Å². The maximum Gasteiger partial charge on any atom is 0.215 e. The summed E-state index contributed by atoms with van der Waals surface area (Å²) in [4.78, 5) is 0. The highest BCUT2D eigenvalue weighted by Crippen LogP contribution is 2.29. The average Bonchev–Trinajstić information content (AvgIpc) is 2.40. The third-order valence-corrected chi connectivity index (χ3v) is 4.50. The molecule has 2 aromatic rings. The van der Waals surface area contributed by atoms with Crippen LogP contribution in [0.25, 0.3) is 11.3 Å². The van der Waals surface area contributed by atoms with Gasteiger partial charge in [-0.2, -0.15) is 0 Å². The van der Waals surface area contributed by atoms with Crippen LogP contribution < -0.4 is 4.57 Å². The van der Waals surface area contributed by atoms with Gasteiger partial charge in [-0.3, -0.25) is 0 Å². The molecule has 0 bridgehead atoms. The van der Waals surface area contributed by atoms with E-state index in [0.717, 1.165) is 6.42 Å². The summed E-state index contributed by atoms with van der Waals surface area (Å²) in [6, 6.07) is 11.0. The van der Waals surface area contributed by atoms with Gasteiger partial charge in [0.1, 0.15) is 7.05 Å². The maximum atomic E-state index is 2.35. The van der Waals surface area contributed by atoms with Gasteiger partial charge in [-0.25, -0.2) is 4.57 Å². The van der Waals surface area contributed by atoms with Crippen LogP contribution in [-0.4, -0.2) is 0 Å². The zero-order valence-electron chi connectivity index (χ0n) is 13.6. The summed E-state index contributed by atoms with van der Waals surface area (Å²) in [5.74, 6) is 0. The van der Waals surface area contributed by atoms with E-state index in [-0.39, 0.29) is 5.41 Å². The molecule has 1 heteroatoms. The van der Waals surface area contributed by atoms with E-state index in [4.69, 9.17) is 0 Å². The fourth-order valence-corrected chi connectivity index (χ4v) is 2.71. The molecule has 0 radical (unpaired) electrons. The molecule has 0 saturated heterocycles. The van der Waals surface area contributed by atoms with Gasteiger partial charge in [0.25, 0.3) is 0 Å². The second kappa shape index (κ2) is 5.40. The molecule has 1 aromatic heterocycles. The molecule has 0 aliphatic heterocycles. The third kappa shape index (κ3) is 2.63. The van der Waals surface area contributed by atoms with Crippen LogP contribution in [-0.2, 0) is 12.5 Å². The minimum absolute atomic E-state index is 0.229. The van der Waals surface area contributed by atoms with E-state index in [0.29, 0.717) is 0 Å². The molecule has 0 fully saturated rings. The van der Waals surface area contributed by atoms with E-state index in [2.05, 4.69) is 82.8 Å². The first-order valence-corrected chi connectivity index (χ1v) is 7.43. The highest BCUT2D eigenvalue weighted by atomic mass is 14.9. The Labute approximate surface area is 123 Å². The quantitative estimate of drug-likeness (QED) is 0.722. The topological polar surface area (TPSA) is 3.88 Å². The van der Waals surface area contributed by atoms with Gasteiger partial charge >= 0.3 is 0 Å². The lowest BCUT2D eigenvalue weighted by Crippen LogP contribution is -2.34. The number of pyridine rings is 1. The Bertz CT molecular complexity index is 600. The Balaban J connectivity index is 2.62. The van der Waals surface area contributed by atoms with Gasteiger partial charge in [-0.05, 0) is 43.4 Å². The molecule has 0 amide bonds. The van der Waals surface area contributed by atoms with Crippen molar-refractivity contribution in [2.24, 2.45) is 7.05 Å². The van der Waals surface area contributed by atoms with E-state index >= 15 is 0 Å². The predicted octanol–water partition coefficient (Wildman–Crippen LogP) is 4.48. The molecule has 0 aliphatic carbocycles. The van der Waals surface area contributed by atoms with Crippen molar-refractivity contribution in [3.63, 3.8) is 0 Å². The zero-order valence-corrected chi connectivity index (χ0v) is 13.6. The second-order valence-corrected chi connectivity index (χ2v) is 6.42. The molecular weight excluding hydrogens is 242 g/mol. The van der Waals surface area contributed by atoms with Crippen LogP contribution in [0.4, 0.5) is 0 Å². The first-order chi connectivity index (χ1) is 9.36. The second-order valence-electron chi connectivity index (χ2n) is 6.42. The fourth-order valence-electron chi connectivity index (χ4n) is 2.71. The van der Waals surface area contributed by atoms with Gasteiger partial charge in [0.05, 0.1) is 0 Å². The highest BCUT2D eigenvalue weighted by molar-refractivity contribution is 5.64. The summed E-state index contributed by atoms with van der Waals surface area (Å²) in [7, 11) is 2.16. The zero-order chi connectivity index (χ0) is 14.9. The molecule has 0 saturated carbocycles. The molecule has 0 spiro atoms. The number of rotatable bonds is 3. The van der Waals surface area contributed by atoms with Gasteiger partial charge in [0.15, 0.2) is 6.20 Å². The molecule has 1 aromatic carbocycles. The lowest BCUT2D eigenvalue weighted by Gasteiger charge is -2.22. The van der Waals surface area contributed by atoms with Crippen LogP contribution in [0, 0.1) is 13.8 Å². The van der Waals surface area contributed by atoms with Crippen LogP contribution in [0.15, 0.2) is 36.5 Å². The van der Waals surface area contributed by atoms with Crippen molar-refractivity contribution in [1.29, 1.82) is 0 Å². The average molecular weight is 268 g/mol. The van der Waals surface area contributed by atoms with Crippen LogP contribution in [0.3, 0.4) is 0 Å². The van der Waals surface area contributed by atoms with E-state index < -0.39 is 0 Å². The summed E-state index contributed by atoms with van der Waals surface area (Å²) in [5.41, 5.74) is 6.96. The van der Waals surface area contributed by atoms with Crippen molar-refractivity contribution in [3.05, 3.63) is 53.2 Å².